The summed E-state index contributed by atoms with van der Waals surface area (Å²) in [4.78, 5) is 21.7. The summed E-state index contributed by atoms with van der Waals surface area (Å²) in [5, 5.41) is 3.40. The number of likely N-dealkylation sites (tertiary alicyclic amines) is 1. The zero-order valence-electron chi connectivity index (χ0n) is 18.4. The third kappa shape index (κ3) is 7.11. The van der Waals surface area contributed by atoms with E-state index in [2.05, 4.69) is 41.4 Å². The normalized spacial score (nSPS) is 18.7. The SMILES string of the molecule is CCNC(=NCCCC(=O)N1CCc2ccccc2C1)N1CCC(COCC)C1.I. The highest BCUT2D eigenvalue weighted by molar-refractivity contribution is 14.0. The lowest BCUT2D eigenvalue weighted by molar-refractivity contribution is -0.132. The molecule has 2 aliphatic heterocycles. The summed E-state index contributed by atoms with van der Waals surface area (Å²) in [5.41, 5.74) is 2.67. The summed E-state index contributed by atoms with van der Waals surface area (Å²) in [7, 11) is 0. The molecular weight excluding hydrogens is 491 g/mol. The minimum atomic E-state index is 0. The number of nitrogens with zero attached hydrogens (tertiary/aromatic N) is 3. The predicted molar refractivity (Wildman–Crippen MR) is 132 cm³/mol. The van der Waals surface area contributed by atoms with E-state index in [1.165, 1.54) is 11.1 Å². The van der Waals surface area contributed by atoms with E-state index in [0.29, 0.717) is 18.9 Å². The van der Waals surface area contributed by atoms with Gasteiger partial charge in [-0.15, -0.1) is 24.0 Å². The van der Waals surface area contributed by atoms with Crippen LogP contribution in [0.3, 0.4) is 0 Å². The molecule has 0 aliphatic carbocycles. The molecule has 0 spiro atoms. The number of carbonyl (C=O) groups is 1. The Hall–Kier alpha value is -1.35. The Morgan fingerprint density at radius 3 is 2.77 bits per heavy atom. The van der Waals surface area contributed by atoms with Gasteiger partial charge in [-0.05, 0) is 44.2 Å². The maximum Gasteiger partial charge on any atom is 0.222 e. The fourth-order valence-corrected chi connectivity index (χ4v) is 4.15. The average molecular weight is 528 g/mol. The Morgan fingerprint density at radius 1 is 1.20 bits per heavy atom. The smallest absolute Gasteiger partial charge is 0.222 e. The summed E-state index contributed by atoms with van der Waals surface area (Å²) in [6, 6.07) is 8.44. The van der Waals surface area contributed by atoms with E-state index in [1.54, 1.807) is 0 Å². The molecule has 0 bridgehead atoms. The number of amides is 1. The zero-order valence-corrected chi connectivity index (χ0v) is 20.8. The topological polar surface area (TPSA) is 57.2 Å². The first-order valence-corrected chi connectivity index (χ1v) is 11.2. The number of carbonyl (C=O) groups excluding carboxylic acids is 1. The van der Waals surface area contributed by atoms with Crippen molar-refractivity contribution in [2.45, 2.75) is 46.1 Å². The second kappa shape index (κ2) is 13.1. The number of halogens is 1. The lowest BCUT2D eigenvalue weighted by Crippen LogP contribution is -2.40. The number of guanidine groups is 1. The average Bonchev–Trinajstić information content (AvgIpc) is 3.22. The van der Waals surface area contributed by atoms with Crippen LogP contribution >= 0.6 is 24.0 Å². The van der Waals surface area contributed by atoms with Crippen LogP contribution in [0.2, 0.25) is 0 Å². The molecule has 7 heteroatoms. The summed E-state index contributed by atoms with van der Waals surface area (Å²) in [6.07, 6.45) is 3.47. The van der Waals surface area contributed by atoms with E-state index in [-0.39, 0.29) is 29.9 Å². The highest BCUT2D eigenvalue weighted by Crippen LogP contribution is 2.19. The highest BCUT2D eigenvalue weighted by Gasteiger charge is 2.25. The number of hydrogen-bond acceptors (Lipinski definition) is 3. The van der Waals surface area contributed by atoms with Gasteiger partial charge in [0.05, 0.1) is 6.61 Å². The van der Waals surface area contributed by atoms with Crippen molar-refractivity contribution >= 4 is 35.8 Å². The molecule has 1 aromatic rings. The fraction of sp³-hybridized carbons (Fsp3) is 0.652. The Balaban J connectivity index is 0.00000320. The van der Waals surface area contributed by atoms with Gasteiger partial charge in [0.2, 0.25) is 5.91 Å². The van der Waals surface area contributed by atoms with E-state index in [4.69, 9.17) is 9.73 Å². The van der Waals surface area contributed by atoms with Crippen LogP contribution in [0.15, 0.2) is 29.3 Å². The largest absolute Gasteiger partial charge is 0.381 e. The van der Waals surface area contributed by atoms with Crippen LogP contribution in [-0.4, -0.2) is 67.6 Å². The Kier molecular flexibility index (Phi) is 10.9. The van der Waals surface area contributed by atoms with Gasteiger partial charge in [-0.25, -0.2) is 0 Å². The molecule has 0 saturated carbocycles. The van der Waals surface area contributed by atoms with E-state index >= 15 is 0 Å². The van der Waals surface area contributed by atoms with Crippen molar-refractivity contribution in [2.24, 2.45) is 10.9 Å². The highest BCUT2D eigenvalue weighted by atomic mass is 127. The van der Waals surface area contributed by atoms with Crippen LogP contribution < -0.4 is 5.32 Å². The minimum Gasteiger partial charge on any atom is -0.381 e. The number of nitrogens with one attached hydrogen (secondary N) is 1. The summed E-state index contributed by atoms with van der Waals surface area (Å²) < 4.78 is 5.58. The first-order chi connectivity index (χ1) is 14.2. The van der Waals surface area contributed by atoms with Gasteiger partial charge in [-0.1, -0.05) is 24.3 Å². The maximum atomic E-state index is 12.6. The van der Waals surface area contributed by atoms with Crippen molar-refractivity contribution in [1.82, 2.24) is 15.1 Å². The van der Waals surface area contributed by atoms with Crippen molar-refractivity contribution in [3.05, 3.63) is 35.4 Å². The molecule has 1 aromatic carbocycles. The van der Waals surface area contributed by atoms with Crippen LogP contribution in [-0.2, 0) is 22.5 Å². The maximum absolute atomic E-state index is 12.6. The van der Waals surface area contributed by atoms with Gasteiger partial charge >= 0.3 is 0 Å². The molecule has 2 heterocycles. The van der Waals surface area contributed by atoms with Crippen molar-refractivity contribution < 1.29 is 9.53 Å². The molecule has 1 amide bonds. The lowest BCUT2D eigenvalue weighted by Gasteiger charge is -2.29. The number of ether oxygens (including phenoxy) is 1. The third-order valence-electron chi connectivity index (χ3n) is 5.77. The molecule has 2 aliphatic rings. The van der Waals surface area contributed by atoms with Crippen LogP contribution in [0.5, 0.6) is 0 Å². The summed E-state index contributed by atoms with van der Waals surface area (Å²) in [5.74, 6) is 1.81. The summed E-state index contributed by atoms with van der Waals surface area (Å²) >= 11 is 0. The van der Waals surface area contributed by atoms with E-state index in [9.17, 15) is 4.79 Å². The molecule has 3 rings (SSSR count). The number of rotatable bonds is 8. The van der Waals surface area contributed by atoms with Crippen LogP contribution in [0.4, 0.5) is 0 Å². The van der Waals surface area contributed by atoms with Gasteiger partial charge in [-0.2, -0.15) is 0 Å². The first kappa shape index (κ1) is 24.9. The van der Waals surface area contributed by atoms with Gasteiger partial charge in [0.1, 0.15) is 0 Å². The van der Waals surface area contributed by atoms with Crippen molar-refractivity contribution in [1.29, 1.82) is 0 Å². The monoisotopic (exact) mass is 528 g/mol. The van der Waals surface area contributed by atoms with E-state index < -0.39 is 0 Å². The number of fused-ring (bicyclic) bond motifs is 1. The molecule has 6 nitrogen and oxygen atoms in total. The van der Waals surface area contributed by atoms with Crippen molar-refractivity contribution in [2.75, 3.05) is 45.9 Å². The molecule has 0 radical (unpaired) electrons. The Bertz CT molecular complexity index is 698. The van der Waals surface area contributed by atoms with Crippen LogP contribution in [0.1, 0.15) is 44.2 Å². The second-order valence-electron chi connectivity index (χ2n) is 7.93. The number of hydrogen-bond donors (Lipinski definition) is 1. The van der Waals surface area contributed by atoms with E-state index in [0.717, 1.165) is 71.2 Å². The molecule has 0 aromatic heterocycles. The van der Waals surface area contributed by atoms with E-state index in [1.807, 2.05) is 11.8 Å². The standard InChI is InChI=1S/C23H36N4O2.HI/c1-3-24-23(27-14-11-19(16-27)18-29-4-2)25-13-7-10-22(28)26-15-12-20-8-5-6-9-21(20)17-26;/h5-6,8-9,19H,3-4,7,10-18H2,1-2H3,(H,24,25);1H. The van der Waals surface area contributed by atoms with Gasteiger partial charge in [0, 0.05) is 58.2 Å². The molecule has 1 saturated heterocycles. The molecular formula is C23H37IN4O2. The zero-order chi connectivity index (χ0) is 20.5. The van der Waals surface area contributed by atoms with Crippen molar-refractivity contribution in [3.8, 4) is 0 Å². The fourth-order valence-electron chi connectivity index (χ4n) is 4.15. The Morgan fingerprint density at radius 2 is 2.00 bits per heavy atom. The number of aliphatic imine (C=N–C) groups is 1. The van der Waals surface area contributed by atoms with Gasteiger partial charge < -0.3 is 19.9 Å². The second-order valence-corrected chi connectivity index (χ2v) is 7.93. The van der Waals surface area contributed by atoms with Crippen LogP contribution in [0.25, 0.3) is 0 Å². The Labute approximate surface area is 198 Å². The van der Waals surface area contributed by atoms with Crippen LogP contribution in [0, 0.1) is 5.92 Å². The molecule has 168 valence electrons. The molecule has 1 atom stereocenters. The molecule has 1 unspecified atom stereocenters. The lowest BCUT2D eigenvalue weighted by atomic mass is 9.99. The summed E-state index contributed by atoms with van der Waals surface area (Å²) in [6.45, 7) is 10.9. The van der Waals surface area contributed by atoms with Gasteiger partial charge in [0.25, 0.3) is 0 Å². The minimum absolute atomic E-state index is 0. The molecule has 1 fully saturated rings. The quantitative estimate of drug-likeness (QED) is 0.244. The van der Waals surface area contributed by atoms with Gasteiger partial charge in [0.15, 0.2) is 5.96 Å². The third-order valence-corrected chi connectivity index (χ3v) is 5.77. The predicted octanol–water partition coefficient (Wildman–Crippen LogP) is 3.29. The van der Waals surface area contributed by atoms with Crippen molar-refractivity contribution in [3.63, 3.8) is 0 Å². The first-order valence-electron chi connectivity index (χ1n) is 11.2. The van der Waals surface area contributed by atoms with Gasteiger partial charge in [-0.3, -0.25) is 9.79 Å². The number of benzene rings is 1. The molecule has 30 heavy (non-hydrogen) atoms. The molecule has 1 N–H and O–H groups in total.